The molecule has 3 atom stereocenters. The molecule has 0 radical (unpaired) electrons. The summed E-state index contributed by atoms with van der Waals surface area (Å²) < 4.78 is 0. The predicted molar refractivity (Wildman–Crippen MR) is 117 cm³/mol. The first-order chi connectivity index (χ1) is 14.5. The molecule has 3 aliphatic rings. The van der Waals surface area contributed by atoms with Crippen molar-refractivity contribution >= 4 is 17.5 Å². The lowest BCUT2D eigenvalue weighted by molar-refractivity contribution is -0.139. The molecule has 3 heterocycles. The van der Waals surface area contributed by atoms with Gasteiger partial charge in [0.05, 0.1) is 17.4 Å². The molecule has 5 heteroatoms. The Bertz CT molecular complexity index is 937. The minimum atomic E-state index is -0.281. The normalized spacial score (nSPS) is 27.0. The highest BCUT2D eigenvalue weighted by atomic mass is 16.2. The number of carbonyl (C=O) groups excluding carboxylic acids is 2. The molecule has 3 saturated heterocycles. The SMILES string of the molecule is C[C@H](c1ccccc1)N1CCC2(CC1)C1C(=O)N(C)C(=O)C1CN2c1ccccc1. The fourth-order valence-electron chi connectivity index (χ4n) is 6.01. The summed E-state index contributed by atoms with van der Waals surface area (Å²) in [6.07, 6.45) is 1.79. The van der Waals surface area contributed by atoms with Crippen molar-refractivity contribution in [1.82, 2.24) is 9.80 Å². The molecule has 3 fully saturated rings. The Morgan fingerprint density at radius 3 is 2.13 bits per heavy atom. The van der Waals surface area contributed by atoms with Crippen LogP contribution in [0.3, 0.4) is 0 Å². The molecule has 0 saturated carbocycles. The van der Waals surface area contributed by atoms with Gasteiger partial charge in [-0.05, 0) is 37.5 Å². The van der Waals surface area contributed by atoms with Crippen LogP contribution in [0.25, 0.3) is 0 Å². The maximum Gasteiger partial charge on any atom is 0.235 e. The average molecular weight is 404 g/mol. The van der Waals surface area contributed by atoms with Crippen molar-refractivity contribution in [3.63, 3.8) is 0 Å². The molecule has 2 unspecified atom stereocenters. The number of hydrogen-bond donors (Lipinski definition) is 0. The number of para-hydroxylation sites is 1. The largest absolute Gasteiger partial charge is 0.364 e. The third-order valence-electron chi connectivity index (χ3n) is 7.70. The highest BCUT2D eigenvalue weighted by Gasteiger charge is 2.64. The number of rotatable bonds is 3. The van der Waals surface area contributed by atoms with Gasteiger partial charge in [-0.1, -0.05) is 48.5 Å². The van der Waals surface area contributed by atoms with Gasteiger partial charge in [-0.2, -0.15) is 0 Å². The van der Waals surface area contributed by atoms with Crippen molar-refractivity contribution in [2.45, 2.75) is 31.3 Å². The minimum Gasteiger partial charge on any atom is -0.364 e. The van der Waals surface area contributed by atoms with E-state index in [1.165, 1.54) is 10.5 Å². The Morgan fingerprint density at radius 2 is 1.50 bits per heavy atom. The Kier molecular flexibility index (Phi) is 4.66. The number of amides is 2. The van der Waals surface area contributed by atoms with Crippen LogP contribution in [0, 0.1) is 11.8 Å². The van der Waals surface area contributed by atoms with Crippen molar-refractivity contribution in [3.8, 4) is 0 Å². The van der Waals surface area contributed by atoms with E-state index in [0.29, 0.717) is 12.6 Å². The zero-order valence-corrected chi connectivity index (χ0v) is 17.7. The van der Waals surface area contributed by atoms with Crippen molar-refractivity contribution in [1.29, 1.82) is 0 Å². The summed E-state index contributed by atoms with van der Waals surface area (Å²) in [6, 6.07) is 21.3. The van der Waals surface area contributed by atoms with Crippen LogP contribution in [-0.4, -0.2) is 53.8 Å². The van der Waals surface area contributed by atoms with Gasteiger partial charge >= 0.3 is 0 Å². The van der Waals surface area contributed by atoms with Crippen LogP contribution in [0.2, 0.25) is 0 Å². The zero-order chi connectivity index (χ0) is 20.9. The van der Waals surface area contributed by atoms with Crippen molar-refractivity contribution in [3.05, 3.63) is 66.2 Å². The maximum atomic E-state index is 13.1. The number of piperidine rings is 1. The lowest BCUT2D eigenvalue weighted by atomic mass is 9.74. The molecule has 156 valence electrons. The molecule has 5 rings (SSSR count). The number of carbonyl (C=O) groups is 2. The first kappa shape index (κ1) is 19.3. The van der Waals surface area contributed by atoms with Crippen LogP contribution in [0.1, 0.15) is 31.4 Å². The molecule has 0 aromatic heterocycles. The topological polar surface area (TPSA) is 43.9 Å². The van der Waals surface area contributed by atoms with Crippen LogP contribution >= 0.6 is 0 Å². The standard InChI is InChI=1S/C25H29N3O2/c1-18(19-9-5-3-6-10-19)27-15-13-25(14-16-27)22-21(23(29)26(2)24(22)30)17-28(25)20-11-7-4-8-12-20/h3-12,18,21-22H,13-17H2,1-2H3/t18-,21?,22?/m1/s1. The summed E-state index contributed by atoms with van der Waals surface area (Å²) in [5.74, 6) is -0.457. The number of nitrogens with zero attached hydrogens (tertiary/aromatic N) is 3. The van der Waals surface area contributed by atoms with Crippen molar-refractivity contribution < 1.29 is 9.59 Å². The molecule has 0 bridgehead atoms. The third-order valence-corrected chi connectivity index (χ3v) is 7.70. The molecular weight excluding hydrogens is 374 g/mol. The van der Waals surface area contributed by atoms with Crippen molar-refractivity contribution in [2.75, 3.05) is 31.6 Å². The minimum absolute atomic E-state index is 0.00740. The molecule has 0 aliphatic carbocycles. The van der Waals surface area contributed by atoms with Gasteiger partial charge in [-0.25, -0.2) is 0 Å². The van der Waals surface area contributed by atoms with Gasteiger partial charge in [0, 0.05) is 38.4 Å². The van der Waals surface area contributed by atoms with Crippen molar-refractivity contribution in [2.24, 2.45) is 11.8 Å². The summed E-state index contributed by atoms with van der Waals surface area (Å²) in [6.45, 7) is 4.75. The Hall–Kier alpha value is -2.66. The van der Waals surface area contributed by atoms with E-state index < -0.39 is 0 Å². The van der Waals surface area contributed by atoms with Gasteiger partial charge in [0.25, 0.3) is 0 Å². The van der Waals surface area contributed by atoms with E-state index in [2.05, 4.69) is 59.2 Å². The van der Waals surface area contributed by atoms with E-state index in [-0.39, 0.29) is 29.2 Å². The second kappa shape index (κ2) is 7.24. The predicted octanol–water partition coefficient (Wildman–Crippen LogP) is 3.33. The Labute approximate surface area is 178 Å². The molecular formula is C25H29N3O2. The summed E-state index contributed by atoms with van der Waals surface area (Å²) in [7, 11) is 1.65. The Morgan fingerprint density at radius 1 is 0.900 bits per heavy atom. The third kappa shape index (κ3) is 2.79. The molecule has 2 amide bonds. The van der Waals surface area contributed by atoms with Crippen LogP contribution in [0.15, 0.2) is 60.7 Å². The van der Waals surface area contributed by atoms with E-state index in [4.69, 9.17) is 0 Å². The van der Waals surface area contributed by atoms with E-state index in [9.17, 15) is 9.59 Å². The maximum absolute atomic E-state index is 13.1. The number of likely N-dealkylation sites (tertiary alicyclic amines) is 2. The second-order valence-electron chi connectivity index (χ2n) is 8.99. The number of benzene rings is 2. The van der Waals surface area contributed by atoms with Gasteiger partial charge in [-0.15, -0.1) is 0 Å². The molecule has 0 N–H and O–H groups in total. The highest BCUT2D eigenvalue weighted by molar-refractivity contribution is 6.07. The molecule has 30 heavy (non-hydrogen) atoms. The number of fused-ring (bicyclic) bond motifs is 2. The number of anilines is 1. The van der Waals surface area contributed by atoms with Crippen LogP contribution in [0.4, 0.5) is 5.69 Å². The van der Waals surface area contributed by atoms with Gasteiger partial charge in [0.1, 0.15) is 0 Å². The molecule has 2 aromatic rings. The van der Waals surface area contributed by atoms with E-state index in [1.807, 2.05) is 18.2 Å². The fraction of sp³-hybridized carbons (Fsp3) is 0.440. The summed E-state index contributed by atoms with van der Waals surface area (Å²) >= 11 is 0. The highest BCUT2D eigenvalue weighted by Crippen LogP contribution is 2.51. The average Bonchev–Trinajstić information content (AvgIpc) is 3.23. The lowest BCUT2D eigenvalue weighted by Crippen LogP contribution is -2.57. The van der Waals surface area contributed by atoms with Crippen LogP contribution < -0.4 is 4.90 Å². The molecule has 1 spiro atoms. The molecule has 3 aliphatic heterocycles. The first-order valence-corrected chi connectivity index (χ1v) is 11.0. The molecule has 5 nitrogen and oxygen atoms in total. The van der Waals surface area contributed by atoms with E-state index >= 15 is 0 Å². The van der Waals surface area contributed by atoms with Crippen LogP contribution in [-0.2, 0) is 9.59 Å². The second-order valence-corrected chi connectivity index (χ2v) is 8.99. The van der Waals surface area contributed by atoms with E-state index in [0.717, 1.165) is 31.6 Å². The summed E-state index contributed by atoms with van der Waals surface area (Å²) in [5.41, 5.74) is 2.17. The lowest BCUT2D eigenvalue weighted by Gasteiger charge is -2.49. The van der Waals surface area contributed by atoms with Crippen LogP contribution in [0.5, 0.6) is 0 Å². The monoisotopic (exact) mass is 403 g/mol. The van der Waals surface area contributed by atoms with E-state index in [1.54, 1.807) is 7.05 Å². The van der Waals surface area contributed by atoms with Gasteiger partial charge < -0.3 is 4.90 Å². The van der Waals surface area contributed by atoms with Gasteiger partial charge in [0.15, 0.2) is 0 Å². The van der Waals surface area contributed by atoms with Gasteiger partial charge in [-0.3, -0.25) is 19.4 Å². The number of imide groups is 1. The quantitative estimate of drug-likeness (QED) is 0.738. The number of hydrogen-bond acceptors (Lipinski definition) is 4. The Balaban J connectivity index is 1.45. The smallest absolute Gasteiger partial charge is 0.235 e. The first-order valence-electron chi connectivity index (χ1n) is 11.0. The van der Waals surface area contributed by atoms with Gasteiger partial charge in [0.2, 0.25) is 11.8 Å². The zero-order valence-electron chi connectivity index (χ0n) is 17.7. The fourth-order valence-corrected chi connectivity index (χ4v) is 6.01. The summed E-state index contributed by atoms with van der Waals surface area (Å²) in [5, 5.41) is 0. The molecule has 2 aromatic carbocycles. The summed E-state index contributed by atoms with van der Waals surface area (Å²) in [4.78, 5) is 32.2.